The summed E-state index contributed by atoms with van der Waals surface area (Å²) in [7, 11) is 0. The lowest BCUT2D eigenvalue weighted by Crippen LogP contribution is -2.66. The first-order valence-corrected chi connectivity index (χ1v) is 29.2. The number of carbonyl (C=O) groups is 1. The minimum absolute atomic E-state index is 0.231. The van der Waals surface area contributed by atoms with Gasteiger partial charge in [-0.2, -0.15) is 0 Å². The van der Waals surface area contributed by atoms with E-state index >= 15 is 0 Å². The first kappa shape index (κ1) is 68.3. The van der Waals surface area contributed by atoms with Crippen LogP contribution in [0.5, 0.6) is 0 Å². The number of aliphatic hydroxyl groups excluding tert-OH is 11. The normalized spacial score (nSPS) is 31.2. The SMILES string of the molecule is CCCCCCCCC/C=C\CCCCCCCCCC(=O)NC(COC1OC(CO)C(OC2OC(CO)C(OC3OC(CO)C(O)C(O)C3O)C(O)C2O)C(O)C1O)C(O)/C=C/CC/C=C/CCCCCCCCC. The van der Waals surface area contributed by atoms with Gasteiger partial charge in [0.2, 0.25) is 5.91 Å². The molecule has 19 heteroatoms. The van der Waals surface area contributed by atoms with Crippen molar-refractivity contribution < 1.29 is 89.4 Å². The molecule has 17 atom stereocenters. The molecule has 3 rings (SSSR count). The number of ether oxygens (including phenoxy) is 6. The van der Waals surface area contributed by atoms with E-state index in [4.69, 9.17) is 28.4 Å². The molecule has 17 unspecified atom stereocenters. The van der Waals surface area contributed by atoms with Crippen molar-refractivity contribution in [2.45, 2.75) is 291 Å². The van der Waals surface area contributed by atoms with Gasteiger partial charge in [-0.1, -0.05) is 159 Å². The molecule has 0 aliphatic carbocycles. The second-order valence-corrected chi connectivity index (χ2v) is 21.1. The fraction of sp³-hybridized carbons (Fsp3) is 0.877. The number of unbranched alkanes of at least 4 members (excludes halogenated alkanes) is 22. The van der Waals surface area contributed by atoms with E-state index in [-0.39, 0.29) is 18.9 Å². The van der Waals surface area contributed by atoms with E-state index in [0.717, 1.165) is 51.4 Å². The summed E-state index contributed by atoms with van der Waals surface area (Å²) >= 11 is 0. The molecule has 0 spiro atoms. The van der Waals surface area contributed by atoms with Gasteiger partial charge in [0.25, 0.3) is 0 Å². The van der Waals surface area contributed by atoms with Crippen LogP contribution in [0.3, 0.4) is 0 Å². The van der Waals surface area contributed by atoms with Crippen LogP contribution in [0.4, 0.5) is 0 Å². The monoisotopic (exact) mass is 1090 g/mol. The number of hydrogen-bond donors (Lipinski definition) is 12. The molecule has 3 saturated heterocycles. The van der Waals surface area contributed by atoms with Crippen molar-refractivity contribution in [2.24, 2.45) is 0 Å². The maximum Gasteiger partial charge on any atom is 0.220 e. The maximum absolute atomic E-state index is 13.3. The number of rotatable bonds is 42. The van der Waals surface area contributed by atoms with Crippen molar-refractivity contribution in [3.8, 4) is 0 Å². The van der Waals surface area contributed by atoms with E-state index in [1.165, 1.54) is 103 Å². The van der Waals surface area contributed by atoms with Gasteiger partial charge in [-0.15, -0.1) is 0 Å². The van der Waals surface area contributed by atoms with Crippen LogP contribution < -0.4 is 5.32 Å². The molecule has 0 radical (unpaired) electrons. The Kier molecular flexibility index (Phi) is 36.9. The molecule has 19 nitrogen and oxygen atoms in total. The Morgan fingerprint density at radius 3 is 1.32 bits per heavy atom. The Hall–Kier alpha value is -1.99. The molecular formula is C57H103NO18. The molecule has 0 bridgehead atoms. The van der Waals surface area contributed by atoms with Gasteiger partial charge in [0.05, 0.1) is 38.6 Å². The predicted molar refractivity (Wildman–Crippen MR) is 286 cm³/mol. The van der Waals surface area contributed by atoms with Crippen LogP contribution in [0.1, 0.15) is 187 Å². The first-order valence-electron chi connectivity index (χ1n) is 29.2. The Balaban J connectivity index is 1.52. The second-order valence-electron chi connectivity index (χ2n) is 21.1. The van der Waals surface area contributed by atoms with E-state index in [1.54, 1.807) is 6.08 Å². The number of aliphatic hydroxyl groups is 11. The van der Waals surface area contributed by atoms with Gasteiger partial charge in [0.15, 0.2) is 18.9 Å². The fourth-order valence-electron chi connectivity index (χ4n) is 9.79. The van der Waals surface area contributed by atoms with Crippen molar-refractivity contribution in [1.82, 2.24) is 5.32 Å². The zero-order chi connectivity index (χ0) is 55.5. The minimum Gasteiger partial charge on any atom is -0.394 e. The Morgan fingerprint density at radius 1 is 0.461 bits per heavy atom. The van der Waals surface area contributed by atoms with Crippen LogP contribution >= 0.6 is 0 Å². The third kappa shape index (κ3) is 25.2. The van der Waals surface area contributed by atoms with E-state index in [9.17, 15) is 61.0 Å². The number of carbonyl (C=O) groups excluding carboxylic acids is 1. The molecule has 12 N–H and O–H groups in total. The molecule has 0 aromatic heterocycles. The average Bonchev–Trinajstić information content (AvgIpc) is 3.42. The van der Waals surface area contributed by atoms with E-state index in [1.807, 2.05) is 6.08 Å². The van der Waals surface area contributed by atoms with Crippen molar-refractivity contribution in [1.29, 1.82) is 0 Å². The molecule has 1 amide bonds. The van der Waals surface area contributed by atoms with Gasteiger partial charge in [-0.3, -0.25) is 4.79 Å². The van der Waals surface area contributed by atoms with Gasteiger partial charge >= 0.3 is 0 Å². The Morgan fingerprint density at radius 2 is 0.842 bits per heavy atom. The van der Waals surface area contributed by atoms with Crippen molar-refractivity contribution in [3.63, 3.8) is 0 Å². The van der Waals surface area contributed by atoms with Gasteiger partial charge in [0, 0.05) is 6.42 Å². The fourth-order valence-corrected chi connectivity index (χ4v) is 9.79. The number of allylic oxidation sites excluding steroid dienone is 5. The van der Waals surface area contributed by atoms with Crippen molar-refractivity contribution in [2.75, 3.05) is 26.4 Å². The van der Waals surface area contributed by atoms with Crippen LogP contribution in [0.2, 0.25) is 0 Å². The van der Waals surface area contributed by atoms with E-state index in [0.29, 0.717) is 12.8 Å². The van der Waals surface area contributed by atoms with E-state index in [2.05, 4.69) is 43.5 Å². The molecule has 3 fully saturated rings. The standard InChI is InChI=1S/C57H103NO18/c1-3-5-7-9-11-13-15-17-18-19-20-21-23-25-27-29-31-33-35-45(63)58-40(41(62)34-32-30-28-26-24-22-16-14-12-10-8-6-4-2)39-71-55-51(69)48(66)53(43(37-60)73-55)76-57-52(70)49(67)54(44(38-61)74-57)75-56-50(68)47(65)46(64)42(36-59)72-56/h18-19,24,26,32,34,40-44,46-57,59-62,64-70H,3-17,20-23,25,27-31,33,35-39H2,1-2H3,(H,58,63)/b19-18-,26-24+,34-32+. The molecular weight excluding hydrogens is 987 g/mol. The first-order chi connectivity index (χ1) is 36.8. The largest absolute Gasteiger partial charge is 0.394 e. The smallest absolute Gasteiger partial charge is 0.220 e. The molecule has 444 valence electrons. The summed E-state index contributed by atoms with van der Waals surface area (Å²) < 4.78 is 34.2. The molecule has 3 aliphatic heterocycles. The molecule has 0 saturated carbocycles. The molecule has 0 aromatic carbocycles. The maximum atomic E-state index is 13.3. The molecule has 76 heavy (non-hydrogen) atoms. The van der Waals surface area contributed by atoms with Crippen LogP contribution in [0.25, 0.3) is 0 Å². The molecule has 3 heterocycles. The summed E-state index contributed by atoms with van der Waals surface area (Å²) in [6.45, 7) is 1.67. The van der Waals surface area contributed by atoms with Gasteiger partial charge in [0.1, 0.15) is 73.2 Å². The highest BCUT2D eigenvalue weighted by Crippen LogP contribution is 2.33. The van der Waals surface area contributed by atoms with Gasteiger partial charge < -0.3 is 89.9 Å². The number of amides is 1. The summed E-state index contributed by atoms with van der Waals surface area (Å²) in [5.41, 5.74) is 0. The summed E-state index contributed by atoms with van der Waals surface area (Å²) in [6, 6.07) is -0.989. The van der Waals surface area contributed by atoms with Crippen LogP contribution in [0.15, 0.2) is 36.5 Å². The van der Waals surface area contributed by atoms with E-state index < -0.39 is 124 Å². The molecule has 0 aromatic rings. The zero-order valence-corrected chi connectivity index (χ0v) is 46.0. The lowest BCUT2D eigenvalue weighted by atomic mass is 9.96. The van der Waals surface area contributed by atoms with Crippen LogP contribution in [-0.2, 0) is 33.2 Å². The number of nitrogens with one attached hydrogen (secondary N) is 1. The Bertz CT molecular complexity index is 1540. The van der Waals surface area contributed by atoms with Crippen molar-refractivity contribution in [3.05, 3.63) is 36.5 Å². The van der Waals surface area contributed by atoms with Crippen molar-refractivity contribution >= 4 is 5.91 Å². The van der Waals surface area contributed by atoms with Gasteiger partial charge in [-0.05, 0) is 57.8 Å². The van der Waals surface area contributed by atoms with Crippen LogP contribution in [-0.4, -0.2) is 193 Å². The van der Waals surface area contributed by atoms with Gasteiger partial charge in [-0.25, -0.2) is 0 Å². The summed E-state index contributed by atoms with van der Waals surface area (Å²) in [5, 5.41) is 120. The predicted octanol–water partition coefficient (Wildman–Crippen LogP) is 4.54. The zero-order valence-electron chi connectivity index (χ0n) is 46.0. The highest BCUT2D eigenvalue weighted by atomic mass is 16.8. The highest BCUT2D eigenvalue weighted by Gasteiger charge is 2.53. The minimum atomic E-state index is -1.98. The second kappa shape index (κ2) is 41.1. The summed E-state index contributed by atoms with van der Waals surface area (Å²) in [5.74, 6) is -0.292. The lowest BCUT2D eigenvalue weighted by molar-refractivity contribution is -0.379. The third-order valence-electron chi connectivity index (χ3n) is 14.7. The Labute approximate surface area is 453 Å². The topological polar surface area (TPSA) is 307 Å². The quantitative estimate of drug-likeness (QED) is 0.0295. The molecule has 3 aliphatic rings. The summed E-state index contributed by atoms with van der Waals surface area (Å²) in [4.78, 5) is 13.3. The number of hydrogen-bond acceptors (Lipinski definition) is 18. The summed E-state index contributed by atoms with van der Waals surface area (Å²) in [6.07, 6.45) is 15.6. The highest BCUT2D eigenvalue weighted by molar-refractivity contribution is 5.76. The van der Waals surface area contributed by atoms with Crippen LogP contribution in [0, 0.1) is 0 Å². The third-order valence-corrected chi connectivity index (χ3v) is 14.7. The average molecular weight is 1090 g/mol. The lowest BCUT2D eigenvalue weighted by Gasteiger charge is -2.48.